The van der Waals surface area contributed by atoms with E-state index in [0.717, 1.165) is 13.1 Å². The van der Waals surface area contributed by atoms with E-state index in [2.05, 4.69) is 0 Å². The van der Waals surface area contributed by atoms with Crippen LogP contribution >= 0.6 is 0 Å². The van der Waals surface area contributed by atoms with Gasteiger partial charge in [-0.25, -0.2) is 4.79 Å². The van der Waals surface area contributed by atoms with Crippen molar-refractivity contribution in [2.24, 2.45) is 0 Å². The molecule has 0 spiro atoms. The number of nitro groups is 1. The molecule has 1 aromatic rings. The Morgan fingerprint density at radius 3 is 2.48 bits per heavy atom. The van der Waals surface area contributed by atoms with Crippen molar-refractivity contribution in [3.05, 3.63) is 33.9 Å². The van der Waals surface area contributed by atoms with Crippen molar-refractivity contribution in [3.8, 4) is 5.75 Å². The molecule has 1 unspecified atom stereocenters. The lowest BCUT2D eigenvalue weighted by atomic mass is 10.2. The number of carbonyl (C=O) groups excluding carboxylic acids is 1. The highest BCUT2D eigenvalue weighted by molar-refractivity contribution is 5.93. The summed E-state index contributed by atoms with van der Waals surface area (Å²) in [6, 6.07) is 3.80. The predicted octanol–water partition coefficient (Wildman–Crippen LogP) is 2.45. The van der Waals surface area contributed by atoms with Gasteiger partial charge >= 0.3 is 5.97 Å². The van der Waals surface area contributed by atoms with Gasteiger partial charge in [-0.15, -0.1) is 0 Å². The highest BCUT2D eigenvalue weighted by atomic mass is 16.6. The molecule has 7 heteroatoms. The van der Waals surface area contributed by atoms with Crippen molar-refractivity contribution < 1.29 is 19.2 Å². The van der Waals surface area contributed by atoms with E-state index in [1.165, 1.54) is 25.3 Å². The second-order valence-electron chi connectivity index (χ2n) is 4.37. The molecule has 1 atom stereocenters. The van der Waals surface area contributed by atoms with Crippen molar-refractivity contribution in [2.75, 3.05) is 20.2 Å². The molecule has 1 aromatic carbocycles. The molecule has 0 saturated carbocycles. The molecule has 0 aliphatic heterocycles. The summed E-state index contributed by atoms with van der Waals surface area (Å²) in [5, 5.41) is 10.7. The van der Waals surface area contributed by atoms with Crippen LogP contribution in [0.25, 0.3) is 0 Å². The Balaban J connectivity index is 2.94. The van der Waals surface area contributed by atoms with Crippen molar-refractivity contribution in [1.29, 1.82) is 0 Å². The number of nitrogens with zero attached hydrogens (tertiary/aromatic N) is 2. The standard InChI is InChI=1S/C14H20N2O5/c1-5-15(6-2)10(3)21-14(17)12-8-7-11(16(18)19)9-13(12)20-4/h7-10H,5-6H2,1-4H3. The Kier molecular flexibility index (Phi) is 6.10. The van der Waals surface area contributed by atoms with E-state index in [-0.39, 0.29) is 23.2 Å². The summed E-state index contributed by atoms with van der Waals surface area (Å²) in [7, 11) is 1.35. The van der Waals surface area contributed by atoms with E-state index in [0.29, 0.717) is 0 Å². The van der Waals surface area contributed by atoms with Gasteiger partial charge in [0.15, 0.2) is 6.23 Å². The number of nitro benzene ring substituents is 1. The fourth-order valence-electron chi connectivity index (χ4n) is 1.99. The van der Waals surface area contributed by atoms with Crippen LogP contribution in [-0.2, 0) is 4.74 Å². The number of benzene rings is 1. The third-order valence-corrected chi connectivity index (χ3v) is 3.22. The number of esters is 1. The van der Waals surface area contributed by atoms with Gasteiger partial charge in [0, 0.05) is 6.07 Å². The van der Waals surface area contributed by atoms with Gasteiger partial charge < -0.3 is 9.47 Å². The van der Waals surface area contributed by atoms with Crippen LogP contribution < -0.4 is 4.74 Å². The third-order valence-electron chi connectivity index (χ3n) is 3.22. The summed E-state index contributed by atoms with van der Waals surface area (Å²) in [6.07, 6.45) is -0.382. The maximum Gasteiger partial charge on any atom is 0.343 e. The number of hydrogen-bond acceptors (Lipinski definition) is 6. The van der Waals surface area contributed by atoms with Crippen LogP contribution in [0.15, 0.2) is 18.2 Å². The minimum absolute atomic E-state index is 0.126. The summed E-state index contributed by atoms with van der Waals surface area (Å²) in [5.74, 6) is -0.443. The lowest BCUT2D eigenvalue weighted by Crippen LogP contribution is -2.36. The zero-order chi connectivity index (χ0) is 16.0. The van der Waals surface area contributed by atoms with E-state index in [1.807, 2.05) is 18.7 Å². The summed E-state index contributed by atoms with van der Waals surface area (Å²) < 4.78 is 10.4. The molecule has 0 saturated heterocycles. The zero-order valence-corrected chi connectivity index (χ0v) is 12.7. The largest absolute Gasteiger partial charge is 0.496 e. The van der Waals surface area contributed by atoms with Crippen molar-refractivity contribution in [2.45, 2.75) is 27.0 Å². The second kappa shape index (κ2) is 7.58. The van der Waals surface area contributed by atoms with Crippen molar-refractivity contribution >= 4 is 11.7 Å². The third kappa shape index (κ3) is 4.16. The van der Waals surface area contributed by atoms with Crippen LogP contribution in [0.1, 0.15) is 31.1 Å². The molecule has 0 N–H and O–H groups in total. The molecule has 0 aromatic heterocycles. The molecule has 0 aliphatic rings. The smallest absolute Gasteiger partial charge is 0.343 e. The highest BCUT2D eigenvalue weighted by Gasteiger charge is 2.21. The normalized spacial score (nSPS) is 12.0. The summed E-state index contributed by atoms with van der Waals surface area (Å²) >= 11 is 0. The SMILES string of the molecule is CCN(CC)C(C)OC(=O)c1ccc([N+](=O)[O-])cc1OC. The number of rotatable bonds is 7. The van der Waals surface area contributed by atoms with Gasteiger partial charge in [0.2, 0.25) is 0 Å². The maximum atomic E-state index is 12.2. The highest BCUT2D eigenvalue weighted by Crippen LogP contribution is 2.25. The lowest BCUT2D eigenvalue weighted by Gasteiger charge is -2.26. The predicted molar refractivity (Wildman–Crippen MR) is 77.4 cm³/mol. The number of ether oxygens (including phenoxy) is 2. The van der Waals surface area contributed by atoms with E-state index >= 15 is 0 Å². The molecule has 0 radical (unpaired) electrons. The molecule has 0 amide bonds. The van der Waals surface area contributed by atoms with Crippen LogP contribution in [0.5, 0.6) is 5.75 Å². The Morgan fingerprint density at radius 1 is 1.38 bits per heavy atom. The number of methoxy groups -OCH3 is 1. The fourth-order valence-corrected chi connectivity index (χ4v) is 1.99. The van der Waals surface area contributed by atoms with Crippen LogP contribution in [-0.4, -0.2) is 42.2 Å². The van der Waals surface area contributed by atoms with E-state index in [4.69, 9.17) is 9.47 Å². The van der Waals surface area contributed by atoms with Crippen LogP contribution in [0.3, 0.4) is 0 Å². The van der Waals surface area contributed by atoms with E-state index < -0.39 is 10.9 Å². The monoisotopic (exact) mass is 296 g/mol. The molecule has 0 fully saturated rings. The molecule has 116 valence electrons. The minimum atomic E-state index is -0.568. The van der Waals surface area contributed by atoms with Gasteiger partial charge in [0.1, 0.15) is 11.3 Å². The maximum absolute atomic E-state index is 12.2. The molecule has 7 nitrogen and oxygen atoms in total. The van der Waals surface area contributed by atoms with Gasteiger partial charge in [-0.2, -0.15) is 0 Å². The minimum Gasteiger partial charge on any atom is -0.496 e. The first-order valence-corrected chi connectivity index (χ1v) is 6.72. The number of hydrogen-bond donors (Lipinski definition) is 0. The first-order chi connectivity index (χ1) is 9.94. The zero-order valence-electron chi connectivity index (χ0n) is 12.7. The van der Waals surface area contributed by atoms with Gasteiger partial charge in [-0.3, -0.25) is 15.0 Å². The summed E-state index contributed by atoms with van der Waals surface area (Å²) in [4.78, 5) is 24.3. The average Bonchev–Trinajstić information content (AvgIpc) is 2.47. The molecule has 1 rings (SSSR count). The van der Waals surface area contributed by atoms with Crippen LogP contribution in [0.2, 0.25) is 0 Å². The Bertz CT molecular complexity index is 514. The molecular formula is C14H20N2O5. The summed E-state index contributed by atoms with van der Waals surface area (Å²) in [6.45, 7) is 7.23. The molecular weight excluding hydrogens is 276 g/mol. The molecule has 0 aliphatic carbocycles. The molecule has 0 heterocycles. The van der Waals surface area contributed by atoms with Gasteiger partial charge in [-0.1, -0.05) is 13.8 Å². The number of non-ortho nitro benzene ring substituents is 1. The molecule has 0 bridgehead atoms. The Morgan fingerprint density at radius 2 is 2.00 bits per heavy atom. The fraction of sp³-hybridized carbons (Fsp3) is 0.500. The average molecular weight is 296 g/mol. The van der Waals surface area contributed by atoms with Gasteiger partial charge in [-0.05, 0) is 26.1 Å². The van der Waals surface area contributed by atoms with Gasteiger partial charge in [0.25, 0.3) is 5.69 Å². The quantitative estimate of drug-likeness (QED) is 0.333. The van der Waals surface area contributed by atoms with Gasteiger partial charge in [0.05, 0.1) is 18.1 Å². The van der Waals surface area contributed by atoms with Crippen LogP contribution in [0.4, 0.5) is 5.69 Å². The first kappa shape index (κ1) is 16.9. The Hall–Kier alpha value is -2.15. The number of carbonyl (C=O) groups is 1. The Labute approximate surface area is 123 Å². The topological polar surface area (TPSA) is 81.9 Å². The summed E-state index contributed by atoms with van der Waals surface area (Å²) in [5.41, 5.74) is 0.0299. The lowest BCUT2D eigenvalue weighted by molar-refractivity contribution is -0.384. The van der Waals surface area contributed by atoms with Crippen LogP contribution in [0, 0.1) is 10.1 Å². The van der Waals surface area contributed by atoms with Crippen molar-refractivity contribution in [3.63, 3.8) is 0 Å². The molecule has 21 heavy (non-hydrogen) atoms. The van der Waals surface area contributed by atoms with E-state index in [1.54, 1.807) is 6.92 Å². The van der Waals surface area contributed by atoms with Crippen molar-refractivity contribution in [1.82, 2.24) is 4.90 Å². The second-order valence-corrected chi connectivity index (χ2v) is 4.37. The first-order valence-electron chi connectivity index (χ1n) is 6.72. The van der Waals surface area contributed by atoms with E-state index in [9.17, 15) is 14.9 Å².